The van der Waals surface area contributed by atoms with Crippen molar-refractivity contribution in [3.8, 4) is 0 Å². The van der Waals surface area contributed by atoms with Gasteiger partial charge in [0, 0.05) is 30.7 Å². The lowest BCUT2D eigenvalue weighted by atomic mass is 9.86. The molecule has 1 N–H and O–H groups in total. The van der Waals surface area contributed by atoms with Crippen LogP contribution in [0, 0.1) is 0 Å². The molecule has 0 aromatic rings. The molecule has 0 aromatic heterocycles. The highest BCUT2D eigenvalue weighted by Crippen LogP contribution is 2.40. The van der Waals surface area contributed by atoms with Crippen LogP contribution in [0.2, 0.25) is 0 Å². The number of piperidine rings is 1. The van der Waals surface area contributed by atoms with E-state index in [0.29, 0.717) is 6.54 Å². The zero-order valence-corrected chi connectivity index (χ0v) is 8.95. The van der Waals surface area contributed by atoms with Crippen molar-refractivity contribution in [3.05, 3.63) is 0 Å². The van der Waals surface area contributed by atoms with Gasteiger partial charge in [0.2, 0.25) is 0 Å². The monoisotopic (exact) mass is 229 g/mol. The molecule has 1 nitrogen and oxygen atoms in total. The molecule has 2 aliphatic rings. The van der Waals surface area contributed by atoms with E-state index < -0.39 is 5.92 Å². The second-order valence-corrected chi connectivity index (χ2v) is 4.90. The average Bonchev–Trinajstić information content (AvgIpc) is 2.34. The summed E-state index contributed by atoms with van der Waals surface area (Å²) < 4.78 is 26.1. The van der Waals surface area contributed by atoms with Crippen molar-refractivity contribution < 1.29 is 8.78 Å². The number of thioether (sulfide) groups is 1. The lowest BCUT2D eigenvalue weighted by Crippen LogP contribution is -2.54. The number of nitrogens with one attached hydrogen (secondary N) is 1. The van der Waals surface area contributed by atoms with Crippen LogP contribution in [0.25, 0.3) is 0 Å². The first kappa shape index (κ1) is 11.5. The van der Waals surface area contributed by atoms with Crippen LogP contribution in [0.15, 0.2) is 0 Å². The maximum absolute atomic E-state index is 13.1. The SMILES string of the molecule is Cl.FC1(F)CCNC2(CCSC2)C1. The van der Waals surface area contributed by atoms with Crippen molar-refractivity contribution in [1.29, 1.82) is 0 Å². The molecule has 0 bridgehead atoms. The van der Waals surface area contributed by atoms with Gasteiger partial charge in [0.15, 0.2) is 0 Å². The number of hydrogen-bond acceptors (Lipinski definition) is 2. The zero-order chi connectivity index (χ0) is 8.66. The molecule has 0 amide bonds. The highest BCUT2D eigenvalue weighted by molar-refractivity contribution is 7.99. The highest BCUT2D eigenvalue weighted by Gasteiger charge is 2.46. The fraction of sp³-hybridized carbons (Fsp3) is 1.00. The van der Waals surface area contributed by atoms with Gasteiger partial charge in [-0.2, -0.15) is 11.8 Å². The Bertz CT molecular complexity index is 183. The van der Waals surface area contributed by atoms with E-state index in [1.165, 1.54) is 0 Å². The Hall–Kier alpha value is 0.460. The highest BCUT2D eigenvalue weighted by atomic mass is 35.5. The first-order valence-corrected chi connectivity index (χ1v) is 5.48. The van der Waals surface area contributed by atoms with Crippen LogP contribution in [0.5, 0.6) is 0 Å². The molecule has 0 radical (unpaired) electrons. The fourth-order valence-corrected chi connectivity index (χ4v) is 3.46. The van der Waals surface area contributed by atoms with Crippen LogP contribution in [0.3, 0.4) is 0 Å². The van der Waals surface area contributed by atoms with E-state index in [2.05, 4.69) is 5.32 Å². The van der Waals surface area contributed by atoms with Crippen LogP contribution >= 0.6 is 24.2 Å². The molecule has 2 aliphatic heterocycles. The van der Waals surface area contributed by atoms with Crippen LogP contribution in [-0.4, -0.2) is 29.5 Å². The minimum Gasteiger partial charge on any atom is -0.310 e. The molecule has 2 fully saturated rings. The third kappa shape index (κ3) is 2.48. The Morgan fingerprint density at radius 2 is 2.00 bits per heavy atom. The molecule has 0 aromatic carbocycles. The summed E-state index contributed by atoms with van der Waals surface area (Å²) in [6.07, 6.45) is 0.972. The summed E-state index contributed by atoms with van der Waals surface area (Å²) in [5.74, 6) is -0.526. The third-order valence-corrected chi connectivity index (χ3v) is 3.94. The van der Waals surface area contributed by atoms with Crippen molar-refractivity contribution in [1.82, 2.24) is 5.32 Å². The normalized spacial score (nSPS) is 37.4. The smallest absolute Gasteiger partial charge is 0.251 e. The average molecular weight is 230 g/mol. The van der Waals surface area contributed by atoms with E-state index in [-0.39, 0.29) is 30.8 Å². The molecular weight excluding hydrogens is 216 g/mol. The standard InChI is InChI=1S/C8H13F2NS.ClH/c9-8(10)1-3-11-7(5-8)2-4-12-6-7;/h11H,1-6H2;1H. The molecule has 0 aliphatic carbocycles. The van der Waals surface area contributed by atoms with E-state index in [1.807, 2.05) is 0 Å². The molecule has 78 valence electrons. The molecule has 0 saturated carbocycles. The maximum Gasteiger partial charge on any atom is 0.251 e. The van der Waals surface area contributed by atoms with Crippen LogP contribution in [0.1, 0.15) is 19.3 Å². The first-order valence-electron chi connectivity index (χ1n) is 4.33. The molecular formula is C8H14ClF2NS. The van der Waals surface area contributed by atoms with E-state index in [4.69, 9.17) is 0 Å². The molecule has 13 heavy (non-hydrogen) atoms. The van der Waals surface area contributed by atoms with Crippen LogP contribution in [0.4, 0.5) is 8.78 Å². The minimum absolute atomic E-state index is 0. The van der Waals surface area contributed by atoms with Gasteiger partial charge in [-0.05, 0) is 12.2 Å². The van der Waals surface area contributed by atoms with E-state index in [1.54, 1.807) is 11.8 Å². The fourth-order valence-electron chi connectivity index (χ4n) is 2.04. The van der Waals surface area contributed by atoms with Gasteiger partial charge < -0.3 is 5.32 Å². The van der Waals surface area contributed by atoms with Crippen LogP contribution < -0.4 is 5.32 Å². The van der Waals surface area contributed by atoms with Gasteiger partial charge in [-0.15, -0.1) is 12.4 Å². The third-order valence-electron chi connectivity index (χ3n) is 2.69. The van der Waals surface area contributed by atoms with Gasteiger partial charge in [-0.1, -0.05) is 0 Å². The number of halogens is 3. The van der Waals surface area contributed by atoms with E-state index in [0.717, 1.165) is 17.9 Å². The predicted octanol–water partition coefficient (Wildman–Crippen LogP) is 2.30. The number of rotatable bonds is 0. The Morgan fingerprint density at radius 1 is 1.23 bits per heavy atom. The Balaban J connectivity index is 0.000000845. The molecule has 2 rings (SSSR count). The zero-order valence-electron chi connectivity index (χ0n) is 7.32. The topological polar surface area (TPSA) is 12.0 Å². The summed E-state index contributed by atoms with van der Waals surface area (Å²) in [4.78, 5) is 0. The van der Waals surface area contributed by atoms with Crippen molar-refractivity contribution in [2.75, 3.05) is 18.1 Å². The molecule has 2 saturated heterocycles. The summed E-state index contributed by atoms with van der Waals surface area (Å²) in [6, 6.07) is 0. The Morgan fingerprint density at radius 3 is 2.54 bits per heavy atom. The van der Waals surface area contributed by atoms with Crippen molar-refractivity contribution >= 4 is 24.2 Å². The number of alkyl halides is 2. The summed E-state index contributed by atoms with van der Waals surface area (Å²) in [6.45, 7) is 0.480. The number of hydrogen-bond donors (Lipinski definition) is 1. The van der Waals surface area contributed by atoms with Gasteiger partial charge in [0.25, 0.3) is 5.92 Å². The first-order chi connectivity index (χ1) is 5.62. The predicted molar refractivity (Wildman–Crippen MR) is 54.1 cm³/mol. The lowest BCUT2D eigenvalue weighted by molar-refractivity contribution is -0.0580. The summed E-state index contributed by atoms with van der Waals surface area (Å²) in [7, 11) is 0. The second-order valence-electron chi connectivity index (χ2n) is 3.79. The van der Waals surface area contributed by atoms with Crippen molar-refractivity contribution in [2.45, 2.75) is 30.7 Å². The Labute approximate surface area is 87.4 Å². The summed E-state index contributed by atoms with van der Waals surface area (Å²) >= 11 is 1.78. The largest absolute Gasteiger partial charge is 0.310 e. The van der Waals surface area contributed by atoms with Crippen molar-refractivity contribution in [2.24, 2.45) is 0 Å². The van der Waals surface area contributed by atoms with Crippen LogP contribution in [-0.2, 0) is 0 Å². The Kier molecular flexibility index (Phi) is 3.47. The van der Waals surface area contributed by atoms with Gasteiger partial charge >= 0.3 is 0 Å². The van der Waals surface area contributed by atoms with Crippen molar-refractivity contribution in [3.63, 3.8) is 0 Å². The maximum atomic E-state index is 13.1. The van der Waals surface area contributed by atoms with E-state index in [9.17, 15) is 8.78 Å². The quantitative estimate of drug-likeness (QED) is 0.684. The molecule has 1 spiro atoms. The minimum atomic E-state index is -2.42. The summed E-state index contributed by atoms with van der Waals surface area (Å²) in [5.41, 5.74) is -0.230. The van der Waals surface area contributed by atoms with Gasteiger partial charge in [-0.25, -0.2) is 8.78 Å². The summed E-state index contributed by atoms with van der Waals surface area (Å²) in [5, 5.41) is 3.25. The van der Waals surface area contributed by atoms with Gasteiger partial charge in [-0.3, -0.25) is 0 Å². The van der Waals surface area contributed by atoms with Gasteiger partial charge in [0.05, 0.1) is 0 Å². The van der Waals surface area contributed by atoms with E-state index >= 15 is 0 Å². The molecule has 5 heteroatoms. The molecule has 2 heterocycles. The molecule has 1 atom stereocenters. The molecule has 1 unspecified atom stereocenters. The second kappa shape index (κ2) is 3.91. The lowest BCUT2D eigenvalue weighted by Gasteiger charge is -2.38. The van der Waals surface area contributed by atoms with Gasteiger partial charge in [0.1, 0.15) is 0 Å².